The van der Waals surface area contributed by atoms with Crippen molar-refractivity contribution in [3.05, 3.63) is 23.9 Å². The third-order valence-corrected chi connectivity index (χ3v) is 6.28. The highest BCUT2D eigenvalue weighted by Gasteiger charge is 2.31. The summed E-state index contributed by atoms with van der Waals surface area (Å²) in [5, 5.41) is 6.97. The third kappa shape index (κ3) is 6.70. The first-order valence-corrected chi connectivity index (χ1v) is 10.8. The molecule has 7 heteroatoms. The van der Waals surface area contributed by atoms with Gasteiger partial charge in [-0.3, -0.25) is 4.99 Å². The topological polar surface area (TPSA) is 61.8 Å². The first kappa shape index (κ1) is 24.2. The van der Waals surface area contributed by atoms with Crippen LogP contribution in [0.1, 0.15) is 58.4 Å². The number of hydrogen-bond acceptors (Lipinski definition) is 4. The van der Waals surface area contributed by atoms with E-state index in [1.54, 1.807) is 0 Å². The number of aromatic nitrogens is 1. The summed E-state index contributed by atoms with van der Waals surface area (Å²) in [5.74, 6) is 1.90. The number of rotatable bonds is 6. The fourth-order valence-corrected chi connectivity index (χ4v) is 4.53. The molecule has 2 heterocycles. The summed E-state index contributed by atoms with van der Waals surface area (Å²) in [5.41, 5.74) is 1.61. The average molecular weight is 515 g/mol. The van der Waals surface area contributed by atoms with Crippen molar-refractivity contribution in [3.8, 4) is 0 Å². The standard InChI is InChI=1S/C22H37N5O.HI/c1-5-22(10-6-7-11-22)16-26-21(23-4)25-13-19-8-9-20(24-12-19)27-14-17(2)28-18(3)15-27;/h8-9,12,17-18H,5-7,10-11,13-16H2,1-4H3,(H2,23,25,26);1H. The van der Waals surface area contributed by atoms with Crippen LogP contribution in [0.15, 0.2) is 23.3 Å². The number of ether oxygens (including phenoxy) is 1. The van der Waals surface area contributed by atoms with E-state index in [-0.39, 0.29) is 36.2 Å². The quantitative estimate of drug-likeness (QED) is 0.342. The van der Waals surface area contributed by atoms with Gasteiger partial charge in [-0.1, -0.05) is 25.8 Å². The highest BCUT2D eigenvalue weighted by atomic mass is 127. The van der Waals surface area contributed by atoms with E-state index in [1.165, 1.54) is 32.1 Å². The van der Waals surface area contributed by atoms with Gasteiger partial charge in [-0.25, -0.2) is 4.98 Å². The molecule has 2 fully saturated rings. The molecule has 0 aromatic carbocycles. The Hall–Kier alpha value is -1.09. The number of anilines is 1. The van der Waals surface area contributed by atoms with Crippen LogP contribution >= 0.6 is 24.0 Å². The largest absolute Gasteiger partial charge is 0.372 e. The zero-order chi connectivity index (χ0) is 20.0. The summed E-state index contributed by atoms with van der Waals surface area (Å²) in [7, 11) is 1.84. The van der Waals surface area contributed by atoms with Crippen LogP contribution in [0.4, 0.5) is 5.82 Å². The van der Waals surface area contributed by atoms with Gasteiger partial charge in [0.25, 0.3) is 0 Å². The van der Waals surface area contributed by atoms with Crippen LogP contribution in [-0.2, 0) is 11.3 Å². The summed E-state index contributed by atoms with van der Waals surface area (Å²) in [6.45, 7) is 10.1. The number of hydrogen-bond donors (Lipinski definition) is 2. The van der Waals surface area contributed by atoms with Gasteiger partial charge in [0.2, 0.25) is 0 Å². The molecule has 0 radical (unpaired) electrons. The van der Waals surface area contributed by atoms with Crippen molar-refractivity contribution in [3.63, 3.8) is 0 Å². The molecule has 1 saturated heterocycles. The summed E-state index contributed by atoms with van der Waals surface area (Å²) in [6.07, 6.45) is 9.07. The fourth-order valence-electron chi connectivity index (χ4n) is 4.53. The van der Waals surface area contributed by atoms with Crippen molar-refractivity contribution in [1.29, 1.82) is 0 Å². The Morgan fingerprint density at radius 3 is 2.45 bits per heavy atom. The number of aliphatic imine (C=N–C) groups is 1. The van der Waals surface area contributed by atoms with Crippen molar-refractivity contribution in [1.82, 2.24) is 15.6 Å². The number of halogens is 1. The molecule has 2 unspecified atom stereocenters. The zero-order valence-corrected chi connectivity index (χ0v) is 20.7. The number of nitrogens with zero attached hydrogens (tertiary/aromatic N) is 3. The maximum Gasteiger partial charge on any atom is 0.191 e. The molecule has 0 amide bonds. The van der Waals surface area contributed by atoms with Crippen molar-refractivity contribution in [2.24, 2.45) is 10.4 Å². The molecular formula is C22H38IN5O. The van der Waals surface area contributed by atoms with Gasteiger partial charge >= 0.3 is 0 Å². The molecule has 6 nitrogen and oxygen atoms in total. The van der Waals surface area contributed by atoms with Gasteiger partial charge in [-0.2, -0.15) is 0 Å². The van der Waals surface area contributed by atoms with Crippen LogP contribution in [-0.4, -0.2) is 49.8 Å². The zero-order valence-electron chi connectivity index (χ0n) is 18.4. The maximum atomic E-state index is 5.81. The average Bonchev–Trinajstić information content (AvgIpc) is 3.17. The van der Waals surface area contributed by atoms with Crippen LogP contribution in [0.25, 0.3) is 0 Å². The Labute approximate surface area is 193 Å². The Morgan fingerprint density at radius 2 is 1.90 bits per heavy atom. The minimum absolute atomic E-state index is 0. The van der Waals surface area contributed by atoms with E-state index in [0.717, 1.165) is 43.5 Å². The normalized spacial score (nSPS) is 24.1. The van der Waals surface area contributed by atoms with Gasteiger partial charge in [0, 0.05) is 39.4 Å². The Kier molecular flexibility index (Phi) is 9.46. The van der Waals surface area contributed by atoms with E-state index in [0.29, 0.717) is 5.41 Å². The highest BCUT2D eigenvalue weighted by molar-refractivity contribution is 14.0. The van der Waals surface area contributed by atoms with Crippen molar-refractivity contribution >= 4 is 35.8 Å². The molecule has 1 aliphatic heterocycles. The molecule has 3 rings (SSSR count). The third-order valence-electron chi connectivity index (χ3n) is 6.28. The lowest BCUT2D eigenvalue weighted by atomic mass is 9.83. The summed E-state index contributed by atoms with van der Waals surface area (Å²) >= 11 is 0. The van der Waals surface area contributed by atoms with E-state index in [2.05, 4.69) is 58.4 Å². The molecular weight excluding hydrogens is 477 g/mol. The summed E-state index contributed by atoms with van der Waals surface area (Å²) in [6, 6.07) is 4.26. The number of morpholine rings is 1. The molecule has 2 aliphatic rings. The lowest BCUT2D eigenvalue weighted by Crippen LogP contribution is -2.45. The van der Waals surface area contributed by atoms with Gasteiger partial charge in [0.05, 0.1) is 12.2 Å². The predicted molar refractivity (Wildman–Crippen MR) is 131 cm³/mol. The second-order valence-electron chi connectivity index (χ2n) is 8.53. The van der Waals surface area contributed by atoms with E-state index in [9.17, 15) is 0 Å². The SMILES string of the molecule is CCC1(CNC(=NC)NCc2ccc(N3CC(C)OC(C)C3)nc2)CCCC1.I. The Morgan fingerprint density at radius 1 is 1.21 bits per heavy atom. The van der Waals surface area contributed by atoms with Crippen molar-refractivity contribution in [2.75, 3.05) is 31.6 Å². The van der Waals surface area contributed by atoms with Crippen LogP contribution in [0, 0.1) is 5.41 Å². The van der Waals surface area contributed by atoms with Gasteiger partial charge in [-0.05, 0) is 50.2 Å². The second kappa shape index (κ2) is 11.3. The van der Waals surface area contributed by atoms with Crippen LogP contribution in [0.2, 0.25) is 0 Å². The van der Waals surface area contributed by atoms with Gasteiger partial charge in [0.15, 0.2) is 5.96 Å². The number of nitrogens with one attached hydrogen (secondary N) is 2. The predicted octanol–water partition coefficient (Wildman–Crippen LogP) is 3.95. The Bertz CT molecular complexity index is 635. The highest BCUT2D eigenvalue weighted by Crippen LogP contribution is 2.40. The second-order valence-corrected chi connectivity index (χ2v) is 8.53. The molecule has 1 aromatic heterocycles. The molecule has 0 spiro atoms. The monoisotopic (exact) mass is 515 g/mol. The molecule has 2 atom stereocenters. The van der Waals surface area contributed by atoms with Crippen LogP contribution in [0.5, 0.6) is 0 Å². The Balaban J connectivity index is 0.00000300. The number of pyridine rings is 1. The first-order chi connectivity index (χ1) is 13.5. The molecule has 164 valence electrons. The van der Waals surface area contributed by atoms with E-state index in [1.807, 2.05) is 13.2 Å². The molecule has 1 aromatic rings. The van der Waals surface area contributed by atoms with E-state index >= 15 is 0 Å². The molecule has 1 aliphatic carbocycles. The molecule has 1 saturated carbocycles. The first-order valence-electron chi connectivity index (χ1n) is 10.8. The summed E-state index contributed by atoms with van der Waals surface area (Å²) < 4.78 is 5.81. The van der Waals surface area contributed by atoms with Crippen LogP contribution in [0.3, 0.4) is 0 Å². The lowest BCUT2D eigenvalue weighted by Gasteiger charge is -2.36. The van der Waals surface area contributed by atoms with E-state index in [4.69, 9.17) is 4.74 Å². The van der Waals surface area contributed by atoms with E-state index < -0.39 is 0 Å². The lowest BCUT2D eigenvalue weighted by molar-refractivity contribution is -0.00545. The molecule has 2 N–H and O–H groups in total. The van der Waals surface area contributed by atoms with Crippen LogP contribution < -0.4 is 15.5 Å². The molecule has 0 bridgehead atoms. The summed E-state index contributed by atoms with van der Waals surface area (Å²) in [4.78, 5) is 11.4. The minimum Gasteiger partial charge on any atom is -0.372 e. The maximum absolute atomic E-state index is 5.81. The molecule has 29 heavy (non-hydrogen) atoms. The van der Waals surface area contributed by atoms with Crippen molar-refractivity contribution in [2.45, 2.75) is 71.6 Å². The minimum atomic E-state index is 0. The van der Waals surface area contributed by atoms with Gasteiger partial charge in [0.1, 0.15) is 5.82 Å². The van der Waals surface area contributed by atoms with Gasteiger partial charge in [-0.15, -0.1) is 24.0 Å². The van der Waals surface area contributed by atoms with Crippen molar-refractivity contribution < 1.29 is 4.74 Å². The van der Waals surface area contributed by atoms with Gasteiger partial charge < -0.3 is 20.3 Å². The number of guanidine groups is 1. The fraction of sp³-hybridized carbons (Fsp3) is 0.727. The smallest absolute Gasteiger partial charge is 0.191 e.